The van der Waals surface area contributed by atoms with Crippen LogP contribution >= 0.6 is 11.6 Å². The van der Waals surface area contributed by atoms with Gasteiger partial charge in [0.05, 0.1) is 11.8 Å². The van der Waals surface area contributed by atoms with E-state index < -0.39 is 0 Å². The van der Waals surface area contributed by atoms with Crippen molar-refractivity contribution in [1.82, 2.24) is 14.6 Å². The highest BCUT2D eigenvalue weighted by Gasteiger charge is 2.37. The zero-order valence-electron chi connectivity index (χ0n) is 15.6. The van der Waals surface area contributed by atoms with Crippen LogP contribution in [0.2, 0.25) is 5.02 Å². The number of methoxy groups -OCH3 is 1. The number of aryl methyl sites for hydroxylation is 2. The van der Waals surface area contributed by atoms with Gasteiger partial charge in [0.15, 0.2) is 0 Å². The summed E-state index contributed by atoms with van der Waals surface area (Å²) in [5.41, 5.74) is 2.43. The number of carbonyl (C=O) groups is 1. The summed E-state index contributed by atoms with van der Waals surface area (Å²) < 4.78 is 12.9. The first-order chi connectivity index (χ1) is 13.0. The third kappa shape index (κ3) is 3.24. The van der Waals surface area contributed by atoms with Crippen LogP contribution in [0.1, 0.15) is 21.9 Å². The Morgan fingerprint density at radius 3 is 2.85 bits per heavy atom. The number of rotatable bonds is 4. The zero-order valence-corrected chi connectivity index (χ0v) is 16.4. The number of fused-ring (bicyclic) bond motifs is 1. The molecule has 3 aromatic rings. The average molecular weight is 388 g/mol. The third-order valence-electron chi connectivity index (χ3n) is 5.36. The highest BCUT2D eigenvalue weighted by molar-refractivity contribution is 6.35. The molecule has 1 fully saturated rings. The molecule has 142 valence electrons. The molecule has 0 spiro atoms. The number of likely N-dealkylation sites (tertiary alicyclic amines) is 1. The molecule has 1 aromatic carbocycles. The van der Waals surface area contributed by atoms with Crippen molar-refractivity contribution in [2.45, 2.75) is 19.4 Å². The highest BCUT2D eigenvalue weighted by atomic mass is 35.5. The molecule has 2 atom stereocenters. The van der Waals surface area contributed by atoms with E-state index >= 15 is 0 Å². The van der Waals surface area contributed by atoms with Crippen molar-refractivity contribution in [1.29, 1.82) is 0 Å². The van der Waals surface area contributed by atoms with Crippen LogP contribution in [0.4, 0.5) is 0 Å². The summed E-state index contributed by atoms with van der Waals surface area (Å²) in [7, 11) is 3.58. The molecule has 4 rings (SSSR count). The lowest BCUT2D eigenvalue weighted by molar-refractivity contribution is 0.0667. The quantitative estimate of drug-likeness (QED) is 0.687. The second kappa shape index (κ2) is 7.02. The minimum absolute atomic E-state index is 0.0110. The molecule has 6 nitrogen and oxygen atoms in total. The van der Waals surface area contributed by atoms with E-state index in [2.05, 4.69) is 5.16 Å². The van der Waals surface area contributed by atoms with Gasteiger partial charge in [0.2, 0.25) is 0 Å². The molecule has 0 bridgehead atoms. The molecule has 0 N–H and O–H groups in total. The van der Waals surface area contributed by atoms with Crippen LogP contribution in [-0.4, -0.2) is 46.8 Å². The molecule has 2 aromatic heterocycles. The lowest BCUT2D eigenvalue weighted by Crippen LogP contribution is -2.31. The van der Waals surface area contributed by atoms with Gasteiger partial charge < -0.3 is 18.7 Å². The zero-order chi connectivity index (χ0) is 19.1. The maximum Gasteiger partial charge on any atom is 0.270 e. The Morgan fingerprint density at radius 2 is 2.19 bits per heavy atom. The van der Waals surface area contributed by atoms with E-state index in [9.17, 15) is 4.79 Å². The maximum absolute atomic E-state index is 13.2. The molecule has 3 heterocycles. The minimum Gasteiger partial charge on any atom is -0.379 e. The van der Waals surface area contributed by atoms with Gasteiger partial charge in [0.25, 0.3) is 5.91 Å². The topological polar surface area (TPSA) is 60.5 Å². The van der Waals surface area contributed by atoms with Crippen LogP contribution in [0, 0.1) is 12.8 Å². The second-order valence-corrected chi connectivity index (χ2v) is 7.55. The predicted octanol–water partition coefficient (Wildman–Crippen LogP) is 3.46. The summed E-state index contributed by atoms with van der Waals surface area (Å²) in [5, 5.41) is 5.48. The summed E-state index contributed by atoms with van der Waals surface area (Å²) in [4.78, 5) is 15.0. The van der Waals surface area contributed by atoms with Gasteiger partial charge >= 0.3 is 0 Å². The Morgan fingerprint density at radius 1 is 1.37 bits per heavy atom. The Labute approximate surface area is 162 Å². The first-order valence-electron chi connectivity index (χ1n) is 8.96. The molecule has 0 unspecified atom stereocenters. The van der Waals surface area contributed by atoms with Crippen LogP contribution in [0.15, 0.2) is 34.9 Å². The van der Waals surface area contributed by atoms with E-state index in [0.29, 0.717) is 30.2 Å². The van der Waals surface area contributed by atoms with E-state index in [0.717, 1.165) is 22.4 Å². The maximum atomic E-state index is 13.2. The first kappa shape index (κ1) is 18.1. The van der Waals surface area contributed by atoms with Gasteiger partial charge in [0.1, 0.15) is 11.5 Å². The average Bonchev–Trinajstić information content (AvgIpc) is 3.34. The van der Waals surface area contributed by atoms with Crippen LogP contribution in [0.25, 0.3) is 10.9 Å². The first-order valence-corrected chi connectivity index (χ1v) is 9.34. The summed E-state index contributed by atoms with van der Waals surface area (Å²) >= 11 is 6.29. The number of hydrogen-bond acceptors (Lipinski definition) is 4. The van der Waals surface area contributed by atoms with Gasteiger partial charge in [-0.3, -0.25) is 4.79 Å². The summed E-state index contributed by atoms with van der Waals surface area (Å²) in [5.74, 6) is 0.984. The fraction of sp³-hybridized carbons (Fsp3) is 0.400. The normalized spacial score (nSPS) is 19.9. The van der Waals surface area contributed by atoms with Gasteiger partial charge in [-0.15, -0.1) is 0 Å². The van der Waals surface area contributed by atoms with Gasteiger partial charge in [-0.05, 0) is 25.1 Å². The Hall–Kier alpha value is -2.31. The summed E-state index contributed by atoms with van der Waals surface area (Å²) in [6, 6.07) is 9.50. The molecular formula is C20H22ClN3O3. The van der Waals surface area contributed by atoms with E-state index in [1.807, 2.05) is 53.8 Å². The van der Waals surface area contributed by atoms with E-state index in [1.54, 1.807) is 7.11 Å². The summed E-state index contributed by atoms with van der Waals surface area (Å²) in [6.45, 7) is 3.07. The number of hydrogen-bond donors (Lipinski definition) is 0. The Bertz CT molecular complexity index is 994. The summed E-state index contributed by atoms with van der Waals surface area (Å²) in [6.07, 6.45) is 0.669. The molecule has 0 radical (unpaired) electrons. The van der Waals surface area contributed by atoms with Crippen molar-refractivity contribution >= 4 is 28.4 Å². The van der Waals surface area contributed by atoms with Crippen molar-refractivity contribution in [2.75, 3.05) is 20.2 Å². The molecule has 1 amide bonds. The molecule has 0 aliphatic carbocycles. The number of carbonyl (C=O) groups excluding carboxylic acids is 1. The van der Waals surface area contributed by atoms with Gasteiger partial charge in [-0.2, -0.15) is 0 Å². The van der Waals surface area contributed by atoms with Crippen molar-refractivity contribution in [3.63, 3.8) is 0 Å². The molecule has 1 saturated heterocycles. The van der Waals surface area contributed by atoms with Crippen molar-refractivity contribution < 1.29 is 14.1 Å². The number of ether oxygens (including phenoxy) is 1. The standard InChI is InChI=1S/C20H22ClN3O3/c1-12-7-14(27-22-12)8-13-10-24(11-19(13)26-3)20(25)18-9-15-16(21)5-4-6-17(15)23(18)2/h4-7,9,13,19H,8,10-11H2,1-3H3/t13-,19+/m1/s1. The van der Waals surface area contributed by atoms with E-state index in [-0.39, 0.29) is 17.9 Å². The lowest BCUT2D eigenvalue weighted by Gasteiger charge is -2.16. The Kier molecular flexibility index (Phi) is 4.70. The van der Waals surface area contributed by atoms with Crippen LogP contribution in [0.5, 0.6) is 0 Å². The fourth-order valence-electron chi connectivity index (χ4n) is 3.93. The molecule has 0 saturated carbocycles. The molecule has 1 aliphatic rings. The largest absolute Gasteiger partial charge is 0.379 e. The lowest BCUT2D eigenvalue weighted by atomic mass is 10.0. The van der Waals surface area contributed by atoms with Gasteiger partial charge in [0, 0.05) is 61.6 Å². The fourth-order valence-corrected chi connectivity index (χ4v) is 4.16. The Balaban J connectivity index is 1.57. The van der Waals surface area contributed by atoms with Crippen LogP contribution < -0.4 is 0 Å². The van der Waals surface area contributed by atoms with Gasteiger partial charge in [-0.1, -0.05) is 22.8 Å². The molecule has 1 aliphatic heterocycles. The highest BCUT2D eigenvalue weighted by Crippen LogP contribution is 2.29. The van der Waals surface area contributed by atoms with Crippen LogP contribution in [0.3, 0.4) is 0 Å². The number of halogens is 1. The minimum atomic E-state index is -0.0300. The van der Waals surface area contributed by atoms with Gasteiger partial charge in [-0.25, -0.2) is 0 Å². The SMILES string of the molecule is CO[C@H]1CN(C(=O)c2cc3c(Cl)cccc3n2C)C[C@H]1Cc1cc(C)no1. The van der Waals surface area contributed by atoms with Crippen molar-refractivity contribution in [2.24, 2.45) is 13.0 Å². The second-order valence-electron chi connectivity index (χ2n) is 7.14. The van der Waals surface area contributed by atoms with E-state index in [1.165, 1.54) is 0 Å². The smallest absolute Gasteiger partial charge is 0.270 e. The monoisotopic (exact) mass is 387 g/mol. The number of amides is 1. The third-order valence-corrected chi connectivity index (χ3v) is 5.69. The van der Waals surface area contributed by atoms with Crippen molar-refractivity contribution in [3.8, 4) is 0 Å². The van der Waals surface area contributed by atoms with E-state index in [4.69, 9.17) is 20.9 Å². The predicted molar refractivity (Wildman–Crippen MR) is 103 cm³/mol. The number of nitrogens with zero attached hydrogens (tertiary/aromatic N) is 3. The number of aromatic nitrogens is 2. The molecule has 27 heavy (non-hydrogen) atoms. The molecule has 7 heteroatoms. The number of benzene rings is 1. The van der Waals surface area contributed by atoms with Crippen LogP contribution in [-0.2, 0) is 18.2 Å². The van der Waals surface area contributed by atoms with Crippen molar-refractivity contribution in [3.05, 3.63) is 52.5 Å². The molecular weight excluding hydrogens is 366 g/mol.